The predicted octanol–water partition coefficient (Wildman–Crippen LogP) is 4.13. The van der Waals surface area contributed by atoms with Gasteiger partial charge in [-0.1, -0.05) is 47.1 Å². The molecule has 0 aliphatic heterocycles. The zero-order valence-electron chi connectivity index (χ0n) is 16.1. The summed E-state index contributed by atoms with van der Waals surface area (Å²) >= 11 is 6.10. The molecule has 2 atom stereocenters. The minimum absolute atomic E-state index is 0.00753. The van der Waals surface area contributed by atoms with Crippen molar-refractivity contribution in [2.75, 3.05) is 0 Å². The van der Waals surface area contributed by atoms with Gasteiger partial charge in [0.15, 0.2) is 0 Å². The van der Waals surface area contributed by atoms with Gasteiger partial charge in [-0.15, -0.1) is 0 Å². The number of nitrogens with zero attached hydrogens (tertiary/aromatic N) is 2. The number of primary amides is 1. The van der Waals surface area contributed by atoms with E-state index in [1.54, 1.807) is 43.3 Å². The Kier molecular flexibility index (Phi) is 5.30. The van der Waals surface area contributed by atoms with E-state index in [0.717, 1.165) is 0 Å². The number of halogens is 2. The van der Waals surface area contributed by atoms with E-state index in [4.69, 9.17) is 21.9 Å². The lowest BCUT2D eigenvalue weighted by molar-refractivity contribution is -0.123. The molecule has 0 saturated carbocycles. The number of benzene rings is 2. The number of rotatable bonds is 5. The van der Waals surface area contributed by atoms with E-state index in [2.05, 4.69) is 5.16 Å². The topological polar surface area (TPSA) is 89.4 Å². The van der Waals surface area contributed by atoms with E-state index < -0.39 is 29.7 Å². The zero-order chi connectivity index (χ0) is 21.4. The van der Waals surface area contributed by atoms with Crippen LogP contribution in [0, 0.1) is 12.7 Å². The standard InChI is InChI=1S/C22H19ClFN3O3/c1-12-11-26-30-20(12)22(29)27(19(21(25)28)13-5-3-2-4-6-13)18-8-7-15-16(18)9-14(23)10-17(15)24/h2-6,9-11,18-19H,7-8H2,1H3,(H2,25,28)/t18-,19?/m1/s1. The van der Waals surface area contributed by atoms with Crippen LogP contribution in [0.1, 0.15) is 51.3 Å². The lowest BCUT2D eigenvalue weighted by atomic mass is 9.98. The number of carbonyl (C=O) groups is 2. The molecule has 2 N–H and O–H groups in total. The highest BCUT2D eigenvalue weighted by Crippen LogP contribution is 2.43. The van der Waals surface area contributed by atoms with E-state index in [0.29, 0.717) is 35.1 Å². The Morgan fingerprint density at radius 3 is 2.67 bits per heavy atom. The maximum Gasteiger partial charge on any atom is 0.294 e. The number of aryl methyl sites for hydroxylation is 1. The number of hydrogen-bond donors (Lipinski definition) is 1. The van der Waals surface area contributed by atoms with E-state index in [9.17, 15) is 14.0 Å². The molecule has 1 heterocycles. The lowest BCUT2D eigenvalue weighted by Gasteiger charge is -2.35. The summed E-state index contributed by atoms with van der Waals surface area (Å²) in [6.45, 7) is 1.68. The Hall–Kier alpha value is -3.19. The molecule has 1 aliphatic carbocycles. The van der Waals surface area contributed by atoms with Crippen molar-refractivity contribution in [3.63, 3.8) is 0 Å². The second-order valence-electron chi connectivity index (χ2n) is 7.28. The molecule has 30 heavy (non-hydrogen) atoms. The van der Waals surface area contributed by atoms with Gasteiger partial charge in [0.1, 0.15) is 11.9 Å². The molecule has 154 valence electrons. The Labute approximate surface area is 177 Å². The van der Waals surface area contributed by atoms with Crippen molar-refractivity contribution in [3.05, 3.63) is 87.5 Å². The van der Waals surface area contributed by atoms with Crippen LogP contribution >= 0.6 is 11.6 Å². The molecule has 0 saturated heterocycles. The summed E-state index contributed by atoms with van der Waals surface area (Å²) in [4.78, 5) is 27.5. The van der Waals surface area contributed by atoms with Crippen molar-refractivity contribution < 1.29 is 18.5 Å². The van der Waals surface area contributed by atoms with Crippen molar-refractivity contribution in [1.82, 2.24) is 10.1 Å². The molecular formula is C22H19ClFN3O3. The highest BCUT2D eigenvalue weighted by Gasteiger charge is 2.41. The second-order valence-corrected chi connectivity index (χ2v) is 7.71. The summed E-state index contributed by atoms with van der Waals surface area (Å²) in [7, 11) is 0. The fourth-order valence-electron chi connectivity index (χ4n) is 4.06. The number of hydrogen-bond acceptors (Lipinski definition) is 4. The summed E-state index contributed by atoms with van der Waals surface area (Å²) in [6, 6.07) is 9.94. The van der Waals surface area contributed by atoms with Gasteiger partial charge in [0, 0.05) is 10.6 Å². The highest BCUT2D eigenvalue weighted by molar-refractivity contribution is 6.30. The Balaban J connectivity index is 1.89. The number of amides is 2. The van der Waals surface area contributed by atoms with Crippen LogP contribution in [-0.2, 0) is 11.2 Å². The van der Waals surface area contributed by atoms with Crippen molar-refractivity contribution in [3.8, 4) is 0 Å². The Bertz CT molecular complexity index is 1120. The van der Waals surface area contributed by atoms with E-state index in [1.165, 1.54) is 17.2 Å². The van der Waals surface area contributed by atoms with Crippen molar-refractivity contribution in [2.24, 2.45) is 5.73 Å². The van der Waals surface area contributed by atoms with Crippen LogP contribution in [0.3, 0.4) is 0 Å². The molecule has 1 unspecified atom stereocenters. The number of carbonyl (C=O) groups excluding carboxylic acids is 2. The SMILES string of the molecule is Cc1cnoc1C(=O)N(C(C(N)=O)c1ccccc1)[C@@H]1CCc2c(F)cc(Cl)cc21. The van der Waals surface area contributed by atoms with Crippen LogP contribution in [0.25, 0.3) is 0 Å². The molecule has 1 aromatic heterocycles. The van der Waals surface area contributed by atoms with Crippen molar-refractivity contribution >= 4 is 23.4 Å². The van der Waals surface area contributed by atoms with E-state index in [1.807, 2.05) is 0 Å². The van der Waals surface area contributed by atoms with Crippen LogP contribution in [-0.4, -0.2) is 21.9 Å². The van der Waals surface area contributed by atoms with Gasteiger partial charge in [-0.25, -0.2) is 4.39 Å². The minimum atomic E-state index is -1.08. The van der Waals surface area contributed by atoms with E-state index >= 15 is 0 Å². The van der Waals surface area contributed by atoms with Gasteiger partial charge in [-0.3, -0.25) is 9.59 Å². The first-order valence-electron chi connectivity index (χ1n) is 9.44. The maximum atomic E-state index is 14.5. The van der Waals surface area contributed by atoms with Gasteiger partial charge in [0.05, 0.1) is 12.2 Å². The third-order valence-electron chi connectivity index (χ3n) is 5.40. The largest absolute Gasteiger partial charge is 0.368 e. The van der Waals surface area contributed by atoms with Crippen LogP contribution in [0.2, 0.25) is 5.02 Å². The van der Waals surface area contributed by atoms with Crippen LogP contribution in [0.15, 0.2) is 53.2 Å². The fraction of sp³-hybridized carbons (Fsp3) is 0.227. The summed E-state index contributed by atoms with van der Waals surface area (Å²) in [6.07, 6.45) is 2.25. The number of aromatic nitrogens is 1. The van der Waals surface area contributed by atoms with Crippen LogP contribution in [0.4, 0.5) is 4.39 Å². The van der Waals surface area contributed by atoms with Gasteiger partial charge in [-0.05, 0) is 48.6 Å². The van der Waals surface area contributed by atoms with Gasteiger partial charge < -0.3 is 15.2 Å². The summed E-state index contributed by atoms with van der Waals surface area (Å²) in [5, 5.41) is 3.90. The predicted molar refractivity (Wildman–Crippen MR) is 108 cm³/mol. The molecule has 4 rings (SSSR count). The fourth-order valence-corrected chi connectivity index (χ4v) is 4.27. The molecule has 0 bridgehead atoms. The van der Waals surface area contributed by atoms with Gasteiger partial charge in [0.2, 0.25) is 11.7 Å². The quantitative estimate of drug-likeness (QED) is 0.662. The second kappa shape index (κ2) is 7.91. The zero-order valence-corrected chi connectivity index (χ0v) is 16.9. The number of fused-ring (bicyclic) bond motifs is 1. The third-order valence-corrected chi connectivity index (χ3v) is 5.62. The molecular weight excluding hydrogens is 409 g/mol. The van der Waals surface area contributed by atoms with Gasteiger partial charge in [0.25, 0.3) is 5.91 Å². The average molecular weight is 428 g/mol. The lowest BCUT2D eigenvalue weighted by Crippen LogP contribution is -2.43. The maximum absolute atomic E-state index is 14.5. The van der Waals surface area contributed by atoms with E-state index in [-0.39, 0.29) is 10.8 Å². The summed E-state index contributed by atoms with van der Waals surface area (Å²) < 4.78 is 19.7. The smallest absolute Gasteiger partial charge is 0.294 e. The molecule has 8 heteroatoms. The molecule has 1 aliphatic rings. The third kappa shape index (κ3) is 3.45. The first-order valence-corrected chi connectivity index (χ1v) is 9.82. The molecule has 0 fully saturated rings. The van der Waals surface area contributed by atoms with Crippen molar-refractivity contribution in [2.45, 2.75) is 31.8 Å². The first kappa shape index (κ1) is 20.1. The van der Waals surface area contributed by atoms with Gasteiger partial charge in [-0.2, -0.15) is 0 Å². The summed E-state index contributed by atoms with van der Waals surface area (Å²) in [5.74, 6) is -1.68. The molecule has 0 spiro atoms. The Morgan fingerprint density at radius 1 is 1.30 bits per heavy atom. The molecule has 2 aromatic carbocycles. The minimum Gasteiger partial charge on any atom is -0.368 e. The monoisotopic (exact) mass is 427 g/mol. The normalized spacial score (nSPS) is 16.2. The number of nitrogens with two attached hydrogens (primary N) is 1. The van der Waals surface area contributed by atoms with Crippen LogP contribution in [0.5, 0.6) is 0 Å². The van der Waals surface area contributed by atoms with Crippen LogP contribution < -0.4 is 5.73 Å². The summed E-state index contributed by atoms with van der Waals surface area (Å²) in [5.41, 5.74) is 7.88. The molecule has 2 amide bonds. The van der Waals surface area contributed by atoms with Gasteiger partial charge >= 0.3 is 0 Å². The average Bonchev–Trinajstić information content (AvgIpc) is 3.32. The molecule has 6 nitrogen and oxygen atoms in total. The Morgan fingerprint density at radius 2 is 2.03 bits per heavy atom. The highest BCUT2D eigenvalue weighted by atomic mass is 35.5. The first-order chi connectivity index (χ1) is 14.4. The van der Waals surface area contributed by atoms with Crippen molar-refractivity contribution in [1.29, 1.82) is 0 Å². The molecule has 3 aromatic rings. The molecule has 0 radical (unpaired) electrons.